The van der Waals surface area contributed by atoms with Crippen LogP contribution in [-0.4, -0.2) is 19.7 Å². The number of methoxy groups -OCH3 is 1. The first-order valence-electron chi connectivity index (χ1n) is 7.88. The van der Waals surface area contributed by atoms with Gasteiger partial charge < -0.3 is 14.2 Å². The number of para-hydroxylation sites is 1. The Morgan fingerprint density at radius 2 is 1.44 bits per heavy atom. The zero-order chi connectivity index (χ0) is 17.5. The van der Waals surface area contributed by atoms with E-state index in [9.17, 15) is 4.79 Å². The molecule has 0 aromatic heterocycles. The summed E-state index contributed by atoms with van der Waals surface area (Å²) in [6, 6.07) is 24.3. The van der Waals surface area contributed by atoms with E-state index in [0.29, 0.717) is 17.2 Å². The van der Waals surface area contributed by atoms with Crippen LogP contribution in [0.5, 0.6) is 17.2 Å². The summed E-state index contributed by atoms with van der Waals surface area (Å²) < 4.78 is 16.0. The molecule has 0 aliphatic rings. The molecule has 0 fully saturated rings. The van der Waals surface area contributed by atoms with Gasteiger partial charge in [-0.1, -0.05) is 48.5 Å². The Kier molecular flexibility index (Phi) is 5.32. The van der Waals surface area contributed by atoms with Crippen LogP contribution in [0.25, 0.3) is 11.1 Å². The van der Waals surface area contributed by atoms with E-state index in [-0.39, 0.29) is 6.61 Å². The van der Waals surface area contributed by atoms with Gasteiger partial charge in [0.1, 0.15) is 17.2 Å². The second-order valence-corrected chi connectivity index (χ2v) is 5.30. The summed E-state index contributed by atoms with van der Waals surface area (Å²) >= 11 is 0. The highest BCUT2D eigenvalue weighted by Gasteiger charge is 2.10. The van der Waals surface area contributed by atoms with Gasteiger partial charge in [-0.3, -0.25) is 0 Å². The van der Waals surface area contributed by atoms with Gasteiger partial charge in [-0.2, -0.15) is 0 Å². The first kappa shape index (κ1) is 16.6. The molecule has 3 rings (SSSR count). The average Bonchev–Trinajstić information content (AvgIpc) is 2.68. The Morgan fingerprint density at radius 1 is 0.800 bits per heavy atom. The molecule has 0 amide bonds. The van der Waals surface area contributed by atoms with Crippen molar-refractivity contribution < 1.29 is 19.0 Å². The fourth-order valence-electron chi connectivity index (χ4n) is 2.39. The SMILES string of the molecule is COc1ccc(OC(=O)COc2ccccc2-c2ccccc2)cc1. The minimum atomic E-state index is -0.465. The summed E-state index contributed by atoms with van der Waals surface area (Å²) in [5, 5.41) is 0. The number of esters is 1. The van der Waals surface area contributed by atoms with Crippen molar-refractivity contribution in [3.05, 3.63) is 78.9 Å². The second kappa shape index (κ2) is 8.02. The highest BCUT2D eigenvalue weighted by atomic mass is 16.6. The van der Waals surface area contributed by atoms with Crippen LogP contribution < -0.4 is 14.2 Å². The topological polar surface area (TPSA) is 44.8 Å². The summed E-state index contributed by atoms with van der Waals surface area (Å²) in [6.07, 6.45) is 0. The first-order valence-corrected chi connectivity index (χ1v) is 7.88. The average molecular weight is 334 g/mol. The van der Waals surface area contributed by atoms with Gasteiger partial charge in [-0.15, -0.1) is 0 Å². The molecule has 25 heavy (non-hydrogen) atoms. The van der Waals surface area contributed by atoms with E-state index in [2.05, 4.69) is 0 Å². The van der Waals surface area contributed by atoms with Gasteiger partial charge in [-0.05, 0) is 35.9 Å². The molecule has 0 radical (unpaired) electrons. The van der Waals surface area contributed by atoms with Crippen LogP contribution in [0.2, 0.25) is 0 Å². The van der Waals surface area contributed by atoms with Gasteiger partial charge in [0.05, 0.1) is 7.11 Å². The van der Waals surface area contributed by atoms with Crippen molar-refractivity contribution in [1.82, 2.24) is 0 Å². The number of ether oxygens (including phenoxy) is 3. The molecule has 4 heteroatoms. The Hall–Kier alpha value is -3.27. The quantitative estimate of drug-likeness (QED) is 0.497. The van der Waals surface area contributed by atoms with Crippen molar-refractivity contribution >= 4 is 5.97 Å². The van der Waals surface area contributed by atoms with E-state index in [1.807, 2.05) is 54.6 Å². The lowest BCUT2D eigenvalue weighted by Crippen LogP contribution is -2.17. The van der Waals surface area contributed by atoms with E-state index in [4.69, 9.17) is 14.2 Å². The van der Waals surface area contributed by atoms with E-state index >= 15 is 0 Å². The molecule has 0 aliphatic heterocycles. The third-order valence-corrected chi connectivity index (χ3v) is 3.61. The van der Waals surface area contributed by atoms with Crippen molar-refractivity contribution in [3.8, 4) is 28.4 Å². The third-order valence-electron chi connectivity index (χ3n) is 3.61. The molecule has 0 spiro atoms. The monoisotopic (exact) mass is 334 g/mol. The van der Waals surface area contributed by atoms with Gasteiger partial charge >= 0.3 is 5.97 Å². The van der Waals surface area contributed by atoms with Crippen LogP contribution in [0.4, 0.5) is 0 Å². The normalized spacial score (nSPS) is 10.1. The molecule has 3 aromatic rings. The van der Waals surface area contributed by atoms with E-state index in [0.717, 1.165) is 11.1 Å². The van der Waals surface area contributed by atoms with Crippen molar-refractivity contribution in [3.63, 3.8) is 0 Å². The molecule has 0 saturated heterocycles. The number of rotatable bonds is 6. The molecule has 0 N–H and O–H groups in total. The van der Waals surface area contributed by atoms with E-state index in [1.165, 1.54) is 0 Å². The van der Waals surface area contributed by atoms with E-state index < -0.39 is 5.97 Å². The lowest BCUT2D eigenvalue weighted by molar-refractivity contribution is -0.136. The maximum Gasteiger partial charge on any atom is 0.349 e. The zero-order valence-corrected chi connectivity index (χ0v) is 13.8. The summed E-state index contributed by atoms with van der Waals surface area (Å²) in [5.41, 5.74) is 1.96. The van der Waals surface area contributed by atoms with Crippen LogP contribution in [0.1, 0.15) is 0 Å². The smallest absolute Gasteiger partial charge is 0.349 e. The standard InChI is InChI=1S/C21H18O4/c1-23-17-11-13-18(14-12-17)25-21(22)15-24-20-10-6-5-9-19(20)16-7-3-2-4-8-16/h2-14H,15H2,1H3. The molecule has 0 heterocycles. The molecule has 3 aromatic carbocycles. The number of carbonyl (C=O) groups is 1. The van der Waals surface area contributed by atoms with Crippen LogP contribution in [0.15, 0.2) is 78.9 Å². The van der Waals surface area contributed by atoms with Gasteiger partial charge in [-0.25, -0.2) is 4.79 Å². The molecular formula is C21H18O4. The Labute approximate surface area is 146 Å². The largest absolute Gasteiger partial charge is 0.497 e. The minimum absolute atomic E-state index is 0.171. The maximum atomic E-state index is 12.0. The van der Waals surface area contributed by atoms with Gasteiger partial charge in [0, 0.05) is 5.56 Å². The van der Waals surface area contributed by atoms with Gasteiger partial charge in [0.2, 0.25) is 0 Å². The molecule has 4 nitrogen and oxygen atoms in total. The Morgan fingerprint density at radius 3 is 2.16 bits per heavy atom. The molecule has 0 aliphatic carbocycles. The molecule has 126 valence electrons. The lowest BCUT2D eigenvalue weighted by Gasteiger charge is -2.11. The van der Waals surface area contributed by atoms with Gasteiger partial charge in [0.15, 0.2) is 6.61 Å². The summed E-state index contributed by atoms with van der Waals surface area (Å²) in [5.74, 6) is 1.33. The first-order chi connectivity index (χ1) is 12.3. The second-order valence-electron chi connectivity index (χ2n) is 5.30. The Bertz CT molecular complexity index is 826. The number of benzene rings is 3. The minimum Gasteiger partial charge on any atom is -0.497 e. The van der Waals surface area contributed by atoms with Crippen LogP contribution in [0, 0.1) is 0 Å². The molecule has 0 saturated carbocycles. The van der Waals surface area contributed by atoms with Crippen LogP contribution in [0.3, 0.4) is 0 Å². The highest BCUT2D eigenvalue weighted by Crippen LogP contribution is 2.29. The maximum absolute atomic E-state index is 12.0. The van der Waals surface area contributed by atoms with Crippen molar-refractivity contribution in [2.24, 2.45) is 0 Å². The Balaban J connectivity index is 1.64. The van der Waals surface area contributed by atoms with Crippen LogP contribution >= 0.6 is 0 Å². The van der Waals surface area contributed by atoms with Crippen molar-refractivity contribution in [2.45, 2.75) is 0 Å². The predicted octanol–water partition coefficient (Wildman–Crippen LogP) is 4.35. The molecule has 0 bridgehead atoms. The lowest BCUT2D eigenvalue weighted by atomic mass is 10.1. The summed E-state index contributed by atoms with van der Waals surface area (Å²) in [7, 11) is 1.58. The van der Waals surface area contributed by atoms with Gasteiger partial charge in [0.25, 0.3) is 0 Å². The van der Waals surface area contributed by atoms with Crippen molar-refractivity contribution in [2.75, 3.05) is 13.7 Å². The zero-order valence-electron chi connectivity index (χ0n) is 13.8. The number of carbonyl (C=O) groups excluding carboxylic acids is 1. The highest BCUT2D eigenvalue weighted by molar-refractivity contribution is 5.75. The third kappa shape index (κ3) is 4.38. The number of hydrogen-bond acceptors (Lipinski definition) is 4. The van der Waals surface area contributed by atoms with E-state index in [1.54, 1.807) is 31.4 Å². The molecular weight excluding hydrogens is 316 g/mol. The van der Waals surface area contributed by atoms with Crippen LogP contribution in [-0.2, 0) is 4.79 Å². The number of hydrogen-bond donors (Lipinski definition) is 0. The van der Waals surface area contributed by atoms with Crippen molar-refractivity contribution in [1.29, 1.82) is 0 Å². The summed E-state index contributed by atoms with van der Waals surface area (Å²) in [4.78, 5) is 12.0. The fourth-order valence-corrected chi connectivity index (χ4v) is 2.39. The molecule has 0 unspecified atom stereocenters. The predicted molar refractivity (Wildman–Crippen MR) is 96.0 cm³/mol. The fraction of sp³-hybridized carbons (Fsp3) is 0.0952. The molecule has 0 atom stereocenters. The summed E-state index contributed by atoms with van der Waals surface area (Å²) in [6.45, 7) is -0.171.